The molecule has 2 aromatic heterocycles. The van der Waals surface area contributed by atoms with Crippen molar-refractivity contribution in [2.24, 2.45) is 5.73 Å². The number of thiophene rings is 1. The van der Waals surface area contributed by atoms with Crippen molar-refractivity contribution in [1.29, 1.82) is 0 Å². The Labute approximate surface area is 104 Å². The van der Waals surface area contributed by atoms with Crippen molar-refractivity contribution in [3.8, 4) is 11.1 Å². The summed E-state index contributed by atoms with van der Waals surface area (Å²) in [5.74, 6) is 0.869. The maximum atomic E-state index is 6.19. The monoisotopic (exact) mass is 249 g/mol. The molecule has 2 aromatic rings. The predicted molar refractivity (Wildman–Crippen MR) is 67.9 cm³/mol. The first-order valence-electron chi connectivity index (χ1n) is 5.68. The highest BCUT2D eigenvalue weighted by Gasteiger charge is 2.25. The number of nitrogens with two attached hydrogens (primary N) is 1. The van der Waals surface area contributed by atoms with Crippen LogP contribution in [-0.2, 0) is 6.54 Å². The van der Waals surface area contributed by atoms with Gasteiger partial charge in [-0.05, 0) is 24.8 Å². The average Bonchev–Trinajstić information content (AvgIpc) is 2.84. The Balaban J connectivity index is 2.19. The molecule has 0 aliphatic carbocycles. The van der Waals surface area contributed by atoms with E-state index in [2.05, 4.69) is 15.9 Å². The van der Waals surface area contributed by atoms with Crippen LogP contribution in [0.3, 0.4) is 0 Å². The van der Waals surface area contributed by atoms with E-state index in [1.807, 2.05) is 13.8 Å². The lowest BCUT2D eigenvalue weighted by Gasteiger charge is -2.21. The van der Waals surface area contributed by atoms with Gasteiger partial charge in [-0.3, -0.25) is 0 Å². The summed E-state index contributed by atoms with van der Waals surface area (Å²) < 4.78 is 5.24. The van der Waals surface area contributed by atoms with Gasteiger partial charge in [0.25, 0.3) is 0 Å². The number of aromatic nitrogens is 1. The van der Waals surface area contributed by atoms with Crippen molar-refractivity contribution in [2.75, 3.05) is 6.54 Å². The van der Waals surface area contributed by atoms with Crippen LogP contribution in [0.4, 0.5) is 0 Å². The van der Waals surface area contributed by atoms with Crippen LogP contribution in [0.15, 0.2) is 9.90 Å². The predicted octanol–water partition coefficient (Wildman–Crippen LogP) is 2.12. The molecule has 0 radical (unpaired) electrons. The van der Waals surface area contributed by atoms with Crippen LogP contribution in [0, 0.1) is 13.8 Å². The van der Waals surface area contributed by atoms with Gasteiger partial charge in [0.15, 0.2) is 0 Å². The third kappa shape index (κ3) is 1.62. The summed E-state index contributed by atoms with van der Waals surface area (Å²) in [4.78, 5) is 1.33. The zero-order valence-corrected chi connectivity index (χ0v) is 10.7. The molecule has 17 heavy (non-hydrogen) atoms. The lowest BCUT2D eigenvalue weighted by molar-refractivity contribution is 0.393. The Morgan fingerprint density at radius 1 is 1.53 bits per heavy atom. The lowest BCUT2D eigenvalue weighted by Crippen LogP contribution is -2.32. The maximum absolute atomic E-state index is 6.19. The Hall–Kier alpha value is -1.17. The van der Waals surface area contributed by atoms with Crippen LogP contribution in [0.25, 0.3) is 11.1 Å². The molecule has 0 fully saturated rings. The van der Waals surface area contributed by atoms with Crippen molar-refractivity contribution in [3.63, 3.8) is 0 Å². The van der Waals surface area contributed by atoms with E-state index in [0.29, 0.717) is 0 Å². The summed E-state index contributed by atoms with van der Waals surface area (Å²) in [6, 6.07) is 0.0636. The van der Waals surface area contributed by atoms with Crippen LogP contribution in [-0.4, -0.2) is 11.7 Å². The summed E-state index contributed by atoms with van der Waals surface area (Å²) >= 11 is 1.76. The van der Waals surface area contributed by atoms with Gasteiger partial charge in [0.2, 0.25) is 0 Å². The Morgan fingerprint density at radius 2 is 2.35 bits per heavy atom. The molecule has 0 saturated carbocycles. The Bertz CT molecular complexity index is 539. The smallest absolute Gasteiger partial charge is 0.141 e. The van der Waals surface area contributed by atoms with Gasteiger partial charge in [0.05, 0.1) is 5.69 Å². The number of nitrogens with one attached hydrogen (secondary N) is 1. The minimum absolute atomic E-state index is 0.0636. The summed E-state index contributed by atoms with van der Waals surface area (Å²) in [5.41, 5.74) is 10.7. The van der Waals surface area contributed by atoms with E-state index in [9.17, 15) is 0 Å². The van der Waals surface area contributed by atoms with Gasteiger partial charge in [0, 0.05) is 35.1 Å². The first kappa shape index (κ1) is 11.0. The molecule has 5 heteroatoms. The number of rotatable bonds is 1. The lowest BCUT2D eigenvalue weighted by atomic mass is 9.95. The second-order valence-corrected chi connectivity index (χ2v) is 5.39. The maximum Gasteiger partial charge on any atom is 0.141 e. The Morgan fingerprint density at radius 3 is 3.06 bits per heavy atom. The number of aryl methyl sites for hydroxylation is 2. The summed E-state index contributed by atoms with van der Waals surface area (Å²) in [6.07, 6.45) is 0. The van der Waals surface area contributed by atoms with Crippen molar-refractivity contribution >= 4 is 11.3 Å². The highest BCUT2D eigenvalue weighted by atomic mass is 32.1. The average molecular weight is 249 g/mol. The molecule has 0 saturated heterocycles. The normalized spacial score (nSPS) is 19.4. The zero-order valence-electron chi connectivity index (χ0n) is 9.91. The van der Waals surface area contributed by atoms with Gasteiger partial charge in [-0.15, -0.1) is 11.3 Å². The molecule has 90 valence electrons. The molecule has 4 nitrogen and oxygen atoms in total. The second kappa shape index (κ2) is 3.94. The van der Waals surface area contributed by atoms with E-state index in [-0.39, 0.29) is 6.04 Å². The fourth-order valence-corrected chi connectivity index (χ4v) is 3.53. The molecule has 3 heterocycles. The molecule has 0 aromatic carbocycles. The summed E-state index contributed by atoms with van der Waals surface area (Å²) in [7, 11) is 0. The third-order valence-corrected chi connectivity index (χ3v) is 4.24. The van der Waals surface area contributed by atoms with Crippen molar-refractivity contribution in [3.05, 3.63) is 27.3 Å². The molecule has 1 unspecified atom stereocenters. The van der Waals surface area contributed by atoms with Crippen LogP contribution in [0.2, 0.25) is 0 Å². The minimum Gasteiger partial charge on any atom is -0.361 e. The van der Waals surface area contributed by atoms with Crippen molar-refractivity contribution in [1.82, 2.24) is 10.5 Å². The van der Waals surface area contributed by atoms with Crippen molar-refractivity contribution in [2.45, 2.75) is 26.4 Å². The number of hydrogen-bond donors (Lipinski definition) is 2. The molecule has 3 rings (SSSR count). The SMILES string of the molecule is Cc1noc(C)c1-c1csc2c1C(N)CNC2. The molecular formula is C12H15N3OS. The highest BCUT2D eigenvalue weighted by molar-refractivity contribution is 7.10. The first-order valence-corrected chi connectivity index (χ1v) is 6.56. The summed E-state index contributed by atoms with van der Waals surface area (Å²) in [6.45, 7) is 5.67. The van der Waals surface area contributed by atoms with E-state index in [1.165, 1.54) is 16.0 Å². The van der Waals surface area contributed by atoms with Crippen LogP contribution in [0.1, 0.15) is 27.9 Å². The quantitative estimate of drug-likeness (QED) is 0.812. The fourth-order valence-electron chi connectivity index (χ4n) is 2.46. The van der Waals surface area contributed by atoms with E-state index < -0.39 is 0 Å². The fraction of sp³-hybridized carbons (Fsp3) is 0.417. The molecule has 0 amide bonds. The van der Waals surface area contributed by atoms with Crippen LogP contribution in [0.5, 0.6) is 0 Å². The molecule has 1 atom stereocenters. The van der Waals surface area contributed by atoms with Gasteiger partial charge in [0.1, 0.15) is 5.76 Å². The van der Waals surface area contributed by atoms with Crippen LogP contribution < -0.4 is 11.1 Å². The highest BCUT2D eigenvalue weighted by Crippen LogP contribution is 2.39. The van der Waals surface area contributed by atoms with E-state index >= 15 is 0 Å². The Kier molecular flexibility index (Phi) is 2.54. The minimum atomic E-state index is 0.0636. The van der Waals surface area contributed by atoms with E-state index in [1.54, 1.807) is 11.3 Å². The number of fused-ring (bicyclic) bond motifs is 1. The van der Waals surface area contributed by atoms with Gasteiger partial charge in [-0.25, -0.2) is 0 Å². The molecule has 0 spiro atoms. The topological polar surface area (TPSA) is 64.1 Å². The standard InChI is InChI=1S/C12H15N3OS/c1-6-11(7(2)16-15-6)8-5-17-10-4-14-3-9(13)12(8)10/h5,9,14H,3-4,13H2,1-2H3. The van der Waals surface area contributed by atoms with Crippen molar-refractivity contribution < 1.29 is 4.52 Å². The largest absolute Gasteiger partial charge is 0.361 e. The molecular weight excluding hydrogens is 234 g/mol. The van der Waals surface area contributed by atoms with Gasteiger partial charge in [-0.2, -0.15) is 0 Å². The number of hydrogen-bond acceptors (Lipinski definition) is 5. The molecule has 3 N–H and O–H groups in total. The third-order valence-electron chi connectivity index (χ3n) is 3.23. The van der Waals surface area contributed by atoms with E-state index in [0.717, 1.165) is 30.1 Å². The van der Waals surface area contributed by atoms with Gasteiger partial charge < -0.3 is 15.6 Å². The first-order chi connectivity index (χ1) is 8.18. The zero-order chi connectivity index (χ0) is 12.0. The van der Waals surface area contributed by atoms with Crippen LogP contribution >= 0.6 is 11.3 Å². The summed E-state index contributed by atoms with van der Waals surface area (Å²) in [5, 5.41) is 9.51. The molecule has 1 aliphatic rings. The van der Waals surface area contributed by atoms with Gasteiger partial charge >= 0.3 is 0 Å². The van der Waals surface area contributed by atoms with Gasteiger partial charge in [-0.1, -0.05) is 5.16 Å². The second-order valence-electron chi connectivity index (χ2n) is 4.42. The molecule has 1 aliphatic heterocycles. The molecule has 0 bridgehead atoms. The number of nitrogens with zero attached hydrogens (tertiary/aromatic N) is 1. The van der Waals surface area contributed by atoms with E-state index in [4.69, 9.17) is 10.3 Å².